The van der Waals surface area contributed by atoms with E-state index in [1.165, 1.54) is 83.5 Å². The van der Waals surface area contributed by atoms with Crippen LogP contribution in [0.4, 0.5) is 17.1 Å². The molecule has 0 fully saturated rings. The van der Waals surface area contributed by atoms with Crippen LogP contribution >= 0.6 is 0 Å². The molecule has 0 atom stereocenters. The van der Waals surface area contributed by atoms with Crippen molar-refractivity contribution in [2.24, 2.45) is 0 Å². The highest BCUT2D eigenvalue weighted by atomic mass is 15.1. The molecule has 0 aromatic heterocycles. The Kier molecular flexibility index (Phi) is 7.51. The molecule has 0 unspecified atom stereocenters. The molecule has 1 heteroatoms. The number of rotatable bonds is 8. The zero-order valence-electron chi connectivity index (χ0n) is 30.2. The van der Waals surface area contributed by atoms with Gasteiger partial charge in [-0.1, -0.05) is 137 Å². The number of hydrogen-bond acceptors (Lipinski definition) is 1. The molecule has 51 heavy (non-hydrogen) atoms. The summed E-state index contributed by atoms with van der Waals surface area (Å²) >= 11 is 0. The van der Waals surface area contributed by atoms with Crippen LogP contribution in [0.2, 0.25) is 0 Å². The number of benzene rings is 7. The van der Waals surface area contributed by atoms with Gasteiger partial charge in [-0.25, -0.2) is 0 Å². The van der Waals surface area contributed by atoms with Crippen LogP contribution in [0, 0.1) is 0 Å². The van der Waals surface area contributed by atoms with Crippen LogP contribution in [0.15, 0.2) is 152 Å². The van der Waals surface area contributed by atoms with Gasteiger partial charge >= 0.3 is 0 Å². The predicted octanol–water partition coefficient (Wildman–Crippen LogP) is 14.1. The zero-order valence-corrected chi connectivity index (χ0v) is 30.2. The van der Waals surface area contributed by atoms with Gasteiger partial charge in [0.25, 0.3) is 0 Å². The summed E-state index contributed by atoms with van der Waals surface area (Å²) in [5.74, 6) is 0. The number of nitrogens with zero attached hydrogens (tertiary/aromatic N) is 1. The highest BCUT2D eigenvalue weighted by Crippen LogP contribution is 2.57. The van der Waals surface area contributed by atoms with Crippen molar-refractivity contribution in [1.29, 1.82) is 0 Å². The third-order valence-corrected chi connectivity index (χ3v) is 12.6. The topological polar surface area (TPSA) is 3.24 Å². The molecule has 9 rings (SSSR count). The lowest BCUT2D eigenvalue weighted by molar-refractivity contribution is 0.490. The molecule has 2 aliphatic carbocycles. The van der Waals surface area contributed by atoms with Crippen molar-refractivity contribution in [2.75, 3.05) is 4.90 Å². The summed E-state index contributed by atoms with van der Waals surface area (Å²) in [5, 5.41) is 2.62. The van der Waals surface area contributed by atoms with E-state index in [4.69, 9.17) is 0 Å². The summed E-state index contributed by atoms with van der Waals surface area (Å²) in [6.07, 6.45) is 4.32. The van der Waals surface area contributed by atoms with Gasteiger partial charge in [-0.2, -0.15) is 0 Å². The van der Waals surface area contributed by atoms with Gasteiger partial charge in [-0.15, -0.1) is 0 Å². The van der Waals surface area contributed by atoms with Crippen LogP contribution in [0.1, 0.15) is 75.6 Å². The lowest BCUT2D eigenvalue weighted by Gasteiger charge is -2.32. The fraction of sp³-hybridized carbons (Fsp3) is 0.200. The average molecular weight is 660 g/mol. The molecule has 0 spiro atoms. The van der Waals surface area contributed by atoms with Crippen LogP contribution in [0.5, 0.6) is 0 Å². The highest BCUT2D eigenvalue weighted by molar-refractivity contribution is 5.97. The molecule has 0 bridgehead atoms. The van der Waals surface area contributed by atoms with Crippen LogP contribution in [0.25, 0.3) is 44.2 Å². The van der Waals surface area contributed by atoms with Gasteiger partial charge in [0.05, 0.1) is 5.69 Å². The van der Waals surface area contributed by atoms with E-state index in [1.807, 2.05) is 0 Å². The molecule has 250 valence electrons. The van der Waals surface area contributed by atoms with Gasteiger partial charge in [-0.3, -0.25) is 0 Å². The minimum absolute atomic E-state index is 0.000913. The van der Waals surface area contributed by atoms with Gasteiger partial charge in [-0.05, 0) is 129 Å². The van der Waals surface area contributed by atoms with Crippen molar-refractivity contribution in [1.82, 2.24) is 0 Å². The molecule has 0 saturated heterocycles. The molecule has 7 aromatic rings. The van der Waals surface area contributed by atoms with Gasteiger partial charge < -0.3 is 4.90 Å². The Labute approximate surface area is 303 Å². The van der Waals surface area contributed by atoms with Crippen molar-refractivity contribution >= 4 is 27.8 Å². The largest absolute Gasteiger partial charge is 0.310 e. The maximum Gasteiger partial charge on any atom is 0.0540 e. The molecule has 0 aliphatic heterocycles. The predicted molar refractivity (Wildman–Crippen MR) is 218 cm³/mol. The molecule has 0 amide bonds. The first-order chi connectivity index (χ1) is 25.1. The van der Waals surface area contributed by atoms with E-state index >= 15 is 0 Å². The molecule has 0 heterocycles. The Morgan fingerprint density at radius 3 is 1.49 bits per heavy atom. The van der Waals surface area contributed by atoms with Gasteiger partial charge in [0, 0.05) is 27.8 Å². The average Bonchev–Trinajstić information content (AvgIpc) is 3.63. The fourth-order valence-corrected chi connectivity index (χ4v) is 9.89. The lowest BCUT2D eigenvalue weighted by Crippen LogP contribution is -2.23. The Morgan fingerprint density at radius 1 is 0.373 bits per heavy atom. The van der Waals surface area contributed by atoms with E-state index in [0.29, 0.717) is 0 Å². The summed E-state index contributed by atoms with van der Waals surface area (Å²) in [5.41, 5.74) is 17.4. The quantitative estimate of drug-likeness (QED) is 0.157. The molecule has 0 saturated carbocycles. The number of para-hydroxylation sites is 1. The summed E-state index contributed by atoms with van der Waals surface area (Å²) in [7, 11) is 0. The number of fused-ring (bicyclic) bond motifs is 7. The molecule has 0 N–H and O–H groups in total. The normalized spacial score (nSPS) is 14.5. The third-order valence-electron chi connectivity index (χ3n) is 12.6. The maximum absolute atomic E-state index is 2.52. The minimum atomic E-state index is 0.000913. The smallest absolute Gasteiger partial charge is 0.0540 e. The van der Waals surface area contributed by atoms with E-state index in [2.05, 4.69) is 184 Å². The van der Waals surface area contributed by atoms with Crippen LogP contribution < -0.4 is 4.90 Å². The summed E-state index contributed by atoms with van der Waals surface area (Å²) < 4.78 is 0. The van der Waals surface area contributed by atoms with Crippen molar-refractivity contribution in [3.63, 3.8) is 0 Å². The van der Waals surface area contributed by atoms with Crippen molar-refractivity contribution < 1.29 is 0 Å². The van der Waals surface area contributed by atoms with Gasteiger partial charge in [0.2, 0.25) is 0 Å². The lowest BCUT2D eigenvalue weighted by atomic mass is 9.73. The van der Waals surface area contributed by atoms with Crippen molar-refractivity contribution in [3.8, 4) is 33.4 Å². The van der Waals surface area contributed by atoms with Crippen LogP contribution in [0.3, 0.4) is 0 Å². The number of hydrogen-bond donors (Lipinski definition) is 0. The Balaban J connectivity index is 1.30. The zero-order chi connectivity index (χ0) is 34.7. The molecule has 7 aromatic carbocycles. The monoisotopic (exact) mass is 659 g/mol. The fourth-order valence-electron chi connectivity index (χ4n) is 9.89. The summed E-state index contributed by atoms with van der Waals surface area (Å²) in [6, 6.07) is 57.3. The molecule has 2 aliphatic rings. The summed E-state index contributed by atoms with van der Waals surface area (Å²) in [6.45, 7) is 9.43. The summed E-state index contributed by atoms with van der Waals surface area (Å²) in [4.78, 5) is 2.52. The van der Waals surface area contributed by atoms with E-state index in [9.17, 15) is 0 Å². The SMILES string of the molecule is CCC1(CC)c2ccccc2-c2cc(N(c3ccc4c(c3)-c3cc5ccccc5cc3C4(CC)CC)c3ccccc3-c3ccccc3)ccc21. The third kappa shape index (κ3) is 4.53. The minimum Gasteiger partial charge on any atom is -0.310 e. The van der Waals surface area contributed by atoms with Crippen molar-refractivity contribution in [3.05, 3.63) is 174 Å². The molecule has 0 radical (unpaired) electrons. The Hall–Kier alpha value is -5.40. The molecular formula is C50H45N. The molecule has 1 nitrogen and oxygen atoms in total. The second-order valence-electron chi connectivity index (χ2n) is 14.5. The first kappa shape index (κ1) is 31.6. The first-order valence-electron chi connectivity index (χ1n) is 18.9. The van der Waals surface area contributed by atoms with Crippen molar-refractivity contribution in [2.45, 2.75) is 64.2 Å². The van der Waals surface area contributed by atoms with Crippen LogP contribution in [-0.2, 0) is 10.8 Å². The standard InChI is InChI=1S/C50H45N/c1-5-49(6-2)44-24-16-14-23-40(44)42-32-37(26-28-45(42)49)51(48-25-17-15-22-39(48)34-18-10-9-11-19-34)38-27-29-46-43(33-38)41-30-35-20-12-13-21-36(35)31-47(41)50(46,7-3)8-4/h9-33H,5-8H2,1-4H3. The molecular weight excluding hydrogens is 615 g/mol. The van der Waals surface area contributed by atoms with E-state index in [1.54, 1.807) is 0 Å². The number of anilines is 3. The van der Waals surface area contributed by atoms with E-state index < -0.39 is 0 Å². The van der Waals surface area contributed by atoms with Gasteiger partial charge in [0.15, 0.2) is 0 Å². The Morgan fingerprint density at radius 2 is 0.843 bits per heavy atom. The second kappa shape index (κ2) is 12.1. The second-order valence-corrected chi connectivity index (χ2v) is 14.5. The van der Waals surface area contributed by atoms with E-state index in [0.717, 1.165) is 25.7 Å². The van der Waals surface area contributed by atoms with E-state index in [-0.39, 0.29) is 10.8 Å². The Bertz CT molecular complexity index is 2430. The van der Waals surface area contributed by atoms with Gasteiger partial charge in [0.1, 0.15) is 0 Å². The highest BCUT2D eigenvalue weighted by Gasteiger charge is 2.42. The van der Waals surface area contributed by atoms with Crippen LogP contribution in [-0.4, -0.2) is 0 Å². The first-order valence-corrected chi connectivity index (χ1v) is 18.9. The maximum atomic E-state index is 2.52.